The molecule has 1 fully saturated rings. The summed E-state index contributed by atoms with van der Waals surface area (Å²) in [5.74, 6) is 0. The summed E-state index contributed by atoms with van der Waals surface area (Å²) in [6, 6.07) is 4.58. The average Bonchev–Trinajstić information content (AvgIpc) is 2.33. The fourth-order valence-corrected chi connectivity index (χ4v) is 2.21. The van der Waals surface area contributed by atoms with Crippen molar-refractivity contribution in [1.29, 1.82) is 0 Å². The molecule has 1 atom stereocenters. The summed E-state index contributed by atoms with van der Waals surface area (Å²) >= 11 is 0. The number of nitrogens with zero attached hydrogens (tertiary/aromatic N) is 3. The highest BCUT2D eigenvalue weighted by Gasteiger charge is 2.23. The summed E-state index contributed by atoms with van der Waals surface area (Å²) in [6.07, 6.45) is 3.75. The average molecular weight is 220 g/mol. The van der Waals surface area contributed by atoms with Crippen LogP contribution in [0.5, 0.6) is 0 Å². The maximum Gasteiger partial charge on any atom is 0.0349 e. The maximum atomic E-state index is 5.83. The monoisotopic (exact) mass is 220 g/mol. The van der Waals surface area contributed by atoms with Gasteiger partial charge in [-0.2, -0.15) is 0 Å². The zero-order valence-corrected chi connectivity index (χ0v) is 9.84. The molecule has 1 aliphatic heterocycles. The van der Waals surface area contributed by atoms with Crippen LogP contribution in [-0.2, 0) is 6.54 Å². The molecule has 0 radical (unpaired) electrons. The topological polar surface area (TPSA) is 45.4 Å². The molecule has 0 saturated carbocycles. The van der Waals surface area contributed by atoms with E-state index in [1.54, 1.807) is 0 Å². The summed E-state index contributed by atoms with van der Waals surface area (Å²) in [4.78, 5) is 8.95. The predicted molar refractivity (Wildman–Crippen MR) is 65.0 cm³/mol. The van der Waals surface area contributed by atoms with Gasteiger partial charge < -0.3 is 10.6 Å². The summed E-state index contributed by atoms with van der Waals surface area (Å²) in [5, 5.41) is 0. The number of pyridine rings is 1. The van der Waals surface area contributed by atoms with E-state index in [1.165, 1.54) is 5.56 Å². The van der Waals surface area contributed by atoms with Gasteiger partial charge >= 0.3 is 0 Å². The van der Waals surface area contributed by atoms with Crippen LogP contribution in [0.15, 0.2) is 24.5 Å². The first kappa shape index (κ1) is 11.5. The Labute approximate surface area is 97.1 Å². The normalized spacial score (nSPS) is 23.5. The van der Waals surface area contributed by atoms with Crippen LogP contribution in [0.2, 0.25) is 0 Å². The highest BCUT2D eigenvalue weighted by atomic mass is 15.3. The molecule has 2 rings (SSSR count). The van der Waals surface area contributed by atoms with Gasteiger partial charge in [-0.25, -0.2) is 0 Å². The Bertz CT molecular complexity index is 314. The Kier molecular flexibility index (Phi) is 3.88. The van der Waals surface area contributed by atoms with Gasteiger partial charge in [-0.1, -0.05) is 6.07 Å². The summed E-state index contributed by atoms with van der Waals surface area (Å²) < 4.78 is 0. The zero-order chi connectivity index (χ0) is 11.4. The lowest BCUT2D eigenvalue weighted by Crippen LogP contribution is -2.54. The number of piperazine rings is 1. The first-order valence-corrected chi connectivity index (χ1v) is 5.81. The molecule has 4 nitrogen and oxygen atoms in total. The fraction of sp³-hybridized carbons (Fsp3) is 0.583. The van der Waals surface area contributed by atoms with Crippen molar-refractivity contribution in [3.8, 4) is 0 Å². The molecule has 2 N–H and O–H groups in total. The first-order chi connectivity index (χ1) is 7.79. The van der Waals surface area contributed by atoms with E-state index in [1.807, 2.05) is 18.5 Å². The number of aromatic nitrogens is 1. The standard InChI is InChI=1S/C12H20N4/c1-15-5-6-16(12(7-13)10-15)9-11-3-2-4-14-8-11/h2-4,8,12H,5-7,9-10,13H2,1H3. The van der Waals surface area contributed by atoms with Crippen molar-refractivity contribution in [2.24, 2.45) is 5.73 Å². The van der Waals surface area contributed by atoms with Gasteiger partial charge in [0.05, 0.1) is 0 Å². The Morgan fingerprint density at radius 2 is 2.38 bits per heavy atom. The van der Waals surface area contributed by atoms with Crippen LogP contribution in [0.25, 0.3) is 0 Å². The second-order valence-electron chi connectivity index (χ2n) is 4.48. The fourth-order valence-electron chi connectivity index (χ4n) is 2.21. The zero-order valence-electron chi connectivity index (χ0n) is 9.84. The second kappa shape index (κ2) is 5.39. The van der Waals surface area contributed by atoms with Crippen molar-refractivity contribution < 1.29 is 0 Å². The molecule has 1 saturated heterocycles. The summed E-state index contributed by atoms with van der Waals surface area (Å²) in [7, 11) is 2.16. The Morgan fingerprint density at radius 1 is 1.50 bits per heavy atom. The number of nitrogens with two attached hydrogens (primary N) is 1. The summed E-state index contributed by atoms with van der Waals surface area (Å²) in [5.41, 5.74) is 7.09. The Balaban J connectivity index is 1.98. The molecule has 4 heteroatoms. The molecule has 0 aliphatic carbocycles. The third kappa shape index (κ3) is 2.78. The van der Waals surface area contributed by atoms with E-state index in [9.17, 15) is 0 Å². The SMILES string of the molecule is CN1CCN(Cc2cccnc2)C(CN)C1. The van der Waals surface area contributed by atoms with Crippen molar-refractivity contribution >= 4 is 0 Å². The van der Waals surface area contributed by atoms with Crippen LogP contribution < -0.4 is 5.73 Å². The van der Waals surface area contributed by atoms with Crippen molar-refractivity contribution in [2.75, 3.05) is 33.2 Å². The van der Waals surface area contributed by atoms with E-state index < -0.39 is 0 Å². The van der Waals surface area contributed by atoms with Crippen molar-refractivity contribution in [3.05, 3.63) is 30.1 Å². The van der Waals surface area contributed by atoms with E-state index in [-0.39, 0.29) is 0 Å². The van der Waals surface area contributed by atoms with Gasteiger partial charge in [0.2, 0.25) is 0 Å². The first-order valence-electron chi connectivity index (χ1n) is 5.81. The number of likely N-dealkylation sites (N-methyl/N-ethyl adjacent to an activating group) is 1. The van der Waals surface area contributed by atoms with E-state index in [2.05, 4.69) is 27.9 Å². The van der Waals surface area contributed by atoms with Gasteiger partial charge in [-0.05, 0) is 18.7 Å². The molecule has 0 spiro atoms. The van der Waals surface area contributed by atoms with Gasteiger partial charge in [0, 0.05) is 51.2 Å². The molecule has 16 heavy (non-hydrogen) atoms. The van der Waals surface area contributed by atoms with E-state index >= 15 is 0 Å². The van der Waals surface area contributed by atoms with E-state index in [0.717, 1.165) is 32.7 Å². The molecule has 1 aromatic rings. The molecule has 1 aromatic heterocycles. The largest absolute Gasteiger partial charge is 0.329 e. The minimum absolute atomic E-state index is 0.471. The molecule has 88 valence electrons. The van der Waals surface area contributed by atoms with Crippen molar-refractivity contribution in [3.63, 3.8) is 0 Å². The van der Waals surface area contributed by atoms with Gasteiger partial charge in [-0.15, -0.1) is 0 Å². The second-order valence-corrected chi connectivity index (χ2v) is 4.48. The number of hydrogen-bond acceptors (Lipinski definition) is 4. The smallest absolute Gasteiger partial charge is 0.0349 e. The number of rotatable bonds is 3. The molecular weight excluding hydrogens is 200 g/mol. The van der Waals surface area contributed by atoms with Crippen molar-refractivity contribution in [1.82, 2.24) is 14.8 Å². The van der Waals surface area contributed by atoms with Gasteiger partial charge in [-0.3, -0.25) is 9.88 Å². The van der Waals surface area contributed by atoms with E-state index in [0.29, 0.717) is 6.04 Å². The van der Waals surface area contributed by atoms with Crippen LogP contribution in [0.3, 0.4) is 0 Å². The molecule has 0 aromatic carbocycles. The van der Waals surface area contributed by atoms with Gasteiger partial charge in [0.15, 0.2) is 0 Å². The van der Waals surface area contributed by atoms with Crippen LogP contribution in [0.1, 0.15) is 5.56 Å². The highest BCUT2D eigenvalue weighted by molar-refractivity contribution is 5.08. The molecule has 0 bridgehead atoms. The predicted octanol–water partition coefficient (Wildman–Crippen LogP) is 0.156. The highest BCUT2D eigenvalue weighted by Crippen LogP contribution is 2.11. The minimum atomic E-state index is 0.471. The minimum Gasteiger partial charge on any atom is -0.329 e. The maximum absolute atomic E-state index is 5.83. The molecular formula is C12H20N4. The third-order valence-electron chi connectivity index (χ3n) is 3.19. The van der Waals surface area contributed by atoms with E-state index in [4.69, 9.17) is 5.73 Å². The van der Waals surface area contributed by atoms with Crippen LogP contribution in [-0.4, -0.2) is 54.1 Å². The van der Waals surface area contributed by atoms with Gasteiger partial charge in [0.1, 0.15) is 0 Å². The lowest BCUT2D eigenvalue weighted by atomic mass is 10.1. The third-order valence-corrected chi connectivity index (χ3v) is 3.19. The Morgan fingerprint density at radius 3 is 3.06 bits per heavy atom. The lowest BCUT2D eigenvalue weighted by Gasteiger charge is -2.39. The van der Waals surface area contributed by atoms with Crippen LogP contribution >= 0.6 is 0 Å². The summed E-state index contributed by atoms with van der Waals surface area (Å²) in [6.45, 7) is 4.97. The molecule has 2 heterocycles. The number of hydrogen-bond donors (Lipinski definition) is 1. The van der Waals surface area contributed by atoms with Gasteiger partial charge in [0.25, 0.3) is 0 Å². The quantitative estimate of drug-likeness (QED) is 0.788. The lowest BCUT2D eigenvalue weighted by molar-refractivity contribution is 0.0880. The molecule has 1 unspecified atom stereocenters. The molecule has 1 aliphatic rings. The van der Waals surface area contributed by atoms with Crippen LogP contribution in [0, 0.1) is 0 Å². The van der Waals surface area contributed by atoms with Crippen LogP contribution in [0.4, 0.5) is 0 Å². The Hall–Kier alpha value is -0.970. The van der Waals surface area contributed by atoms with Crippen molar-refractivity contribution in [2.45, 2.75) is 12.6 Å². The molecule has 0 amide bonds.